The van der Waals surface area contributed by atoms with Crippen molar-refractivity contribution in [3.8, 4) is 0 Å². The summed E-state index contributed by atoms with van der Waals surface area (Å²) >= 11 is 7.37. The molecule has 1 N–H and O–H groups in total. The van der Waals surface area contributed by atoms with Crippen LogP contribution in [0.2, 0.25) is 0 Å². The van der Waals surface area contributed by atoms with E-state index < -0.39 is 5.97 Å². The number of carbonyl (C=O) groups is 2. The zero-order chi connectivity index (χ0) is 12.3. The number of Topliss-reactive ketones (excluding diaryl/α,β-unsaturated/α-hetero) is 1. The van der Waals surface area contributed by atoms with Crippen molar-refractivity contribution < 1.29 is 14.7 Å². The quantitative estimate of drug-likeness (QED) is 0.510. The lowest BCUT2D eigenvalue weighted by Crippen LogP contribution is -2.15. The molecular weight excluding hydrogens is 292 g/mol. The number of carboxylic acid groups (broad SMARTS) is 1. The van der Waals surface area contributed by atoms with Crippen LogP contribution in [-0.2, 0) is 11.2 Å². The third kappa shape index (κ3) is 3.09. The number of hydrogen-bond donors (Lipinski definition) is 2. The molecular formula is C11H11BrO3S. The Bertz CT molecular complexity index is 429. The van der Waals surface area contributed by atoms with Crippen molar-refractivity contribution in [1.82, 2.24) is 0 Å². The number of hydrogen-bond acceptors (Lipinski definition) is 3. The number of carboxylic acids is 1. The molecule has 0 bridgehead atoms. The van der Waals surface area contributed by atoms with E-state index in [1.165, 1.54) is 0 Å². The summed E-state index contributed by atoms with van der Waals surface area (Å²) in [7, 11) is 0. The number of alkyl halides is 1. The van der Waals surface area contributed by atoms with E-state index in [0.29, 0.717) is 16.0 Å². The zero-order valence-corrected chi connectivity index (χ0v) is 11.1. The largest absolute Gasteiger partial charge is 0.481 e. The van der Waals surface area contributed by atoms with Crippen molar-refractivity contribution in [2.45, 2.75) is 23.1 Å². The van der Waals surface area contributed by atoms with Gasteiger partial charge in [0, 0.05) is 10.5 Å². The third-order valence-corrected chi connectivity index (χ3v) is 2.87. The number of ketones is 1. The molecule has 0 aliphatic carbocycles. The van der Waals surface area contributed by atoms with Gasteiger partial charge < -0.3 is 5.11 Å². The molecule has 0 amide bonds. The number of halogens is 1. The summed E-state index contributed by atoms with van der Waals surface area (Å²) in [5, 5.41) is 8.75. The topological polar surface area (TPSA) is 54.4 Å². The number of rotatable bonds is 4. The number of carbonyl (C=O) groups excluding carboxylic acids is 1. The van der Waals surface area contributed by atoms with Gasteiger partial charge in [-0.15, -0.1) is 12.6 Å². The fourth-order valence-corrected chi connectivity index (χ4v) is 1.95. The van der Waals surface area contributed by atoms with Gasteiger partial charge in [-0.1, -0.05) is 28.1 Å². The molecule has 0 aliphatic rings. The van der Waals surface area contributed by atoms with E-state index in [1.54, 1.807) is 25.1 Å². The van der Waals surface area contributed by atoms with Gasteiger partial charge in [-0.05, 0) is 18.6 Å². The van der Waals surface area contributed by atoms with Gasteiger partial charge in [0.05, 0.1) is 11.2 Å². The minimum atomic E-state index is -0.963. The SMILES string of the molecule is CC(Br)C(=O)c1c(S)cccc1CC(=O)O. The highest BCUT2D eigenvalue weighted by Crippen LogP contribution is 2.22. The van der Waals surface area contributed by atoms with Gasteiger partial charge in [0.1, 0.15) is 0 Å². The second-order valence-corrected chi connectivity index (χ2v) is 5.22. The molecule has 0 saturated carbocycles. The average molecular weight is 303 g/mol. The van der Waals surface area contributed by atoms with Crippen molar-refractivity contribution in [3.63, 3.8) is 0 Å². The molecule has 0 fully saturated rings. The molecule has 0 aliphatic heterocycles. The molecule has 0 radical (unpaired) electrons. The lowest BCUT2D eigenvalue weighted by Gasteiger charge is -2.10. The highest BCUT2D eigenvalue weighted by molar-refractivity contribution is 9.10. The van der Waals surface area contributed by atoms with Crippen LogP contribution in [0, 0.1) is 0 Å². The Morgan fingerprint density at radius 1 is 1.50 bits per heavy atom. The van der Waals surface area contributed by atoms with Gasteiger partial charge in [0.2, 0.25) is 0 Å². The molecule has 3 nitrogen and oxygen atoms in total. The van der Waals surface area contributed by atoms with Crippen LogP contribution in [0.4, 0.5) is 0 Å². The first-order chi connectivity index (χ1) is 7.43. The molecule has 0 spiro atoms. The summed E-state index contributed by atoms with van der Waals surface area (Å²) < 4.78 is 0. The first-order valence-electron chi connectivity index (χ1n) is 4.64. The van der Waals surface area contributed by atoms with Crippen LogP contribution in [0.25, 0.3) is 0 Å². The van der Waals surface area contributed by atoms with E-state index >= 15 is 0 Å². The molecule has 1 unspecified atom stereocenters. The highest BCUT2D eigenvalue weighted by atomic mass is 79.9. The monoisotopic (exact) mass is 302 g/mol. The Morgan fingerprint density at radius 2 is 2.12 bits per heavy atom. The van der Waals surface area contributed by atoms with Crippen LogP contribution < -0.4 is 0 Å². The van der Waals surface area contributed by atoms with Crippen molar-refractivity contribution >= 4 is 40.3 Å². The second-order valence-electron chi connectivity index (χ2n) is 3.36. The predicted octanol–water partition coefficient (Wildman–Crippen LogP) is 2.57. The Labute approximate surface area is 107 Å². The Morgan fingerprint density at radius 3 is 2.62 bits per heavy atom. The van der Waals surface area contributed by atoms with Gasteiger partial charge in [-0.3, -0.25) is 9.59 Å². The van der Waals surface area contributed by atoms with E-state index in [-0.39, 0.29) is 17.0 Å². The van der Waals surface area contributed by atoms with Crippen molar-refractivity contribution in [2.75, 3.05) is 0 Å². The van der Waals surface area contributed by atoms with Gasteiger partial charge >= 0.3 is 5.97 Å². The van der Waals surface area contributed by atoms with Gasteiger partial charge in [-0.25, -0.2) is 0 Å². The smallest absolute Gasteiger partial charge is 0.307 e. The summed E-state index contributed by atoms with van der Waals surface area (Å²) in [6.07, 6.45) is -0.171. The Hall–Kier alpha value is -0.810. The van der Waals surface area contributed by atoms with Crippen LogP contribution in [0.5, 0.6) is 0 Å². The van der Waals surface area contributed by atoms with E-state index in [9.17, 15) is 9.59 Å². The number of thiol groups is 1. The van der Waals surface area contributed by atoms with E-state index in [1.807, 2.05) is 0 Å². The van der Waals surface area contributed by atoms with Crippen molar-refractivity contribution in [2.24, 2.45) is 0 Å². The van der Waals surface area contributed by atoms with Crippen LogP contribution in [0.3, 0.4) is 0 Å². The van der Waals surface area contributed by atoms with E-state index in [2.05, 4.69) is 28.6 Å². The predicted molar refractivity (Wildman–Crippen MR) is 67.8 cm³/mol. The highest BCUT2D eigenvalue weighted by Gasteiger charge is 2.19. The average Bonchev–Trinajstić information content (AvgIpc) is 2.16. The molecule has 0 aromatic heterocycles. The summed E-state index contributed by atoms with van der Waals surface area (Å²) in [4.78, 5) is 22.7. The molecule has 1 aromatic rings. The minimum absolute atomic E-state index is 0.151. The van der Waals surface area contributed by atoms with Gasteiger partial charge in [-0.2, -0.15) is 0 Å². The summed E-state index contributed by atoms with van der Waals surface area (Å²) in [5.41, 5.74) is 0.883. The molecule has 86 valence electrons. The van der Waals surface area contributed by atoms with E-state index in [0.717, 1.165) is 0 Å². The van der Waals surface area contributed by atoms with Crippen LogP contribution >= 0.6 is 28.6 Å². The molecule has 16 heavy (non-hydrogen) atoms. The standard InChI is InChI=1S/C11H11BrO3S/c1-6(12)11(15)10-7(5-9(13)14)3-2-4-8(10)16/h2-4,6,16H,5H2,1H3,(H,13,14). The van der Waals surface area contributed by atoms with Crippen molar-refractivity contribution in [3.05, 3.63) is 29.3 Å². The Kier molecular flexibility index (Phi) is 4.56. The lowest BCUT2D eigenvalue weighted by atomic mass is 9.99. The Balaban J connectivity index is 3.23. The molecule has 1 atom stereocenters. The fourth-order valence-electron chi connectivity index (χ4n) is 1.38. The molecule has 0 heterocycles. The third-order valence-electron chi connectivity index (χ3n) is 2.08. The maximum atomic E-state index is 11.9. The van der Waals surface area contributed by atoms with Crippen LogP contribution in [0.15, 0.2) is 23.1 Å². The maximum absolute atomic E-state index is 11.9. The fraction of sp³-hybridized carbons (Fsp3) is 0.273. The van der Waals surface area contributed by atoms with Gasteiger partial charge in [0.25, 0.3) is 0 Å². The maximum Gasteiger partial charge on any atom is 0.307 e. The zero-order valence-electron chi connectivity index (χ0n) is 8.61. The number of benzene rings is 1. The van der Waals surface area contributed by atoms with E-state index in [4.69, 9.17) is 5.11 Å². The molecule has 1 aromatic carbocycles. The summed E-state index contributed by atoms with van der Waals surface area (Å²) in [5.74, 6) is -1.11. The normalized spacial score (nSPS) is 12.2. The lowest BCUT2D eigenvalue weighted by molar-refractivity contribution is -0.136. The van der Waals surface area contributed by atoms with Crippen molar-refractivity contribution in [1.29, 1.82) is 0 Å². The van der Waals surface area contributed by atoms with Crippen LogP contribution in [-0.4, -0.2) is 21.7 Å². The molecule has 0 saturated heterocycles. The summed E-state index contributed by atoms with van der Waals surface area (Å²) in [6.45, 7) is 1.70. The van der Waals surface area contributed by atoms with Crippen LogP contribution in [0.1, 0.15) is 22.8 Å². The first kappa shape index (κ1) is 13.3. The summed E-state index contributed by atoms with van der Waals surface area (Å²) in [6, 6.07) is 5.00. The first-order valence-corrected chi connectivity index (χ1v) is 6.00. The minimum Gasteiger partial charge on any atom is -0.481 e. The number of aliphatic carboxylic acids is 1. The molecule has 5 heteroatoms. The molecule has 1 rings (SSSR count). The van der Waals surface area contributed by atoms with Gasteiger partial charge in [0.15, 0.2) is 5.78 Å². The second kappa shape index (κ2) is 5.50.